The zero-order valence-electron chi connectivity index (χ0n) is 22.4. The molecule has 0 atom stereocenters. The molecular weight excluding hydrogens is 514 g/mol. The first-order valence-electron chi connectivity index (χ1n) is 13.7. The van der Waals surface area contributed by atoms with Crippen molar-refractivity contribution in [2.45, 2.75) is 69.6 Å². The first-order valence-corrected chi connectivity index (χ1v) is 15.2. The van der Waals surface area contributed by atoms with Gasteiger partial charge in [-0.25, -0.2) is 22.6 Å². The van der Waals surface area contributed by atoms with Crippen LogP contribution in [0.4, 0.5) is 0 Å². The van der Waals surface area contributed by atoms with E-state index < -0.39 is 10.0 Å². The summed E-state index contributed by atoms with van der Waals surface area (Å²) < 4.78 is 36.5. The van der Waals surface area contributed by atoms with Crippen LogP contribution in [0.1, 0.15) is 68.4 Å². The molecule has 9 nitrogen and oxygen atoms in total. The number of nitrogens with zero attached hydrogens (tertiary/aromatic N) is 3. The van der Waals surface area contributed by atoms with E-state index in [0.717, 1.165) is 37.1 Å². The van der Waals surface area contributed by atoms with E-state index in [-0.39, 0.29) is 28.7 Å². The Hall–Kier alpha value is -3.50. The van der Waals surface area contributed by atoms with E-state index in [1.165, 1.54) is 25.0 Å². The molecule has 0 unspecified atom stereocenters. The van der Waals surface area contributed by atoms with Crippen molar-refractivity contribution >= 4 is 15.5 Å². The zero-order chi connectivity index (χ0) is 27.4. The molecule has 0 spiro atoms. The van der Waals surface area contributed by atoms with Crippen molar-refractivity contribution < 1.29 is 13.2 Å². The van der Waals surface area contributed by atoms with Crippen molar-refractivity contribution in [3.63, 3.8) is 0 Å². The maximum absolute atomic E-state index is 13.3. The van der Waals surface area contributed by atoms with Gasteiger partial charge in [0.2, 0.25) is 10.0 Å². The third-order valence-electron chi connectivity index (χ3n) is 7.29. The average molecular weight is 550 g/mol. The molecule has 4 aromatic rings. The van der Waals surface area contributed by atoms with E-state index >= 15 is 0 Å². The van der Waals surface area contributed by atoms with Gasteiger partial charge < -0.3 is 9.72 Å². The van der Waals surface area contributed by atoms with Crippen LogP contribution in [0.25, 0.3) is 16.9 Å². The summed E-state index contributed by atoms with van der Waals surface area (Å²) in [5.74, 6) is 1.70. The van der Waals surface area contributed by atoms with Crippen LogP contribution in [-0.4, -0.2) is 41.2 Å². The van der Waals surface area contributed by atoms with Gasteiger partial charge in [-0.15, -0.1) is 5.10 Å². The molecule has 2 N–H and O–H groups in total. The highest BCUT2D eigenvalue weighted by molar-refractivity contribution is 7.89. The van der Waals surface area contributed by atoms with E-state index in [0.29, 0.717) is 35.6 Å². The number of fused-ring (bicyclic) bond motifs is 1. The van der Waals surface area contributed by atoms with Crippen LogP contribution >= 0.6 is 0 Å². The van der Waals surface area contributed by atoms with Gasteiger partial charge in [-0.05, 0) is 56.9 Å². The molecule has 2 heterocycles. The van der Waals surface area contributed by atoms with Gasteiger partial charge in [0, 0.05) is 12.5 Å². The molecule has 5 rings (SSSR count). The van der Waals surface area contributed by atoms with Crippen molar-refractivity contribution in [1.29, 1.82) is 0 Å². The summed E-state index contributed by atoms with van der Waals surface area (Å²) in [5, 5.41) is 4.80. The average Bonchev–Trinajstić information content (AvgIpc) is 3.08. The van der Waals surface area contributed by atoms with Crippen LogP contribution in [-0.2, 0) is 16.4 Å². The second kappa shape index (κ2) is 11.7. The lowest BCUT2D eigenvalue weighted by atomic mass is 10.00. The Morgan fingerprint density at radius 3 is 2.54 bits per heavy atom. The van der Waals surface area contributed by atoms with Gasteiger partial charge in [-0.1, -0.05) is 56.0 Å². The molecule has 0 saturated heterocycles. The first kappa shape index (κ1) is 27.1. The molecule has 0 aliphatic heterocycles. The number of ether oxygens (including phenoxy) is 1. The molecule has 10 heteroatoms. The number of aromatic amines is 1. The smallest absolute Gasteiger partial charge is 0.277 e. The third kappa shape index (κ3) is 5.91. The van der Waals surface area contributed by atoms with Crippen molar-refractivity contribution in [3.05, 3.63) is 76.0 Å². The minimum Gasteiger partial charge on any atom is -0.493 e. The van der Waals surface area contributed by atoms with Crippen LogP contribution in [0.5, 0.6) is 5.75 Å². The molecule has 1 aliphatic rings. The lowest BCUT2D eigenvalue weighted by Crippen LogP contribution is -2.26. The minimum atomic E-state index is -3.81. The normalized spacial score (nSPS) is 14.9. The summed E-state index contributed by atoms with van der Waals surface area (Å²) in [6.07, 6.45) is 7.25. The van der Waals surface area contributed by atoms with Gasteiger partial charge >= 0.3 is 0 Å². The van der Waals surface area contributed by atoms with Crippen LogP contribution in [0, 0.1) is 6.92 Å². The van der Waals surface area contributed by atoms with E-state index in [1.54, 1.807) is 10.6 Å². The monoisotopic (exact) mass is 549 g/mol. The van der Waals surface area contributed by atoms with Crippen molar-refractivity contribution in [3.8, 4) is 17.1 Å². The highest BCUT2D eigenvalue weighted by Crippen LogP contribution is 2.33. The largest absolute Gasteiger partial charge is 0.493 e. The van der Waals surface area contributed by atoms with Crippen molar-refractivity contribution in [2.75, 3.05) is 13.2 Å². The Balaban J connectivity index is 1.52. The molecule has 39 heavy (non-hydrogen) atoms. The SMILES string of the molecule is CCOc1ccc(S(=O)(=O)NCCc2ccccc2)cc1-c1nn2c(C3CCCCCC3)nc(C)c2c(=O)[nH]1. The Bertz CT molecular complexity index is 1600. The van der Waals surface area contributed by atoms with Gasteiger partial charge in [0.05, 0.1) is 22.8 Å². The van der Waals surface area contributed by atoms with Gasteiger partial charge in [0.1, 0.15) is 11.6 Å². The molecular formula is C29H35N5O4S. The fourth-order valence-corrected chi connectivity index (χ4v) is 6.37. The Morgan fingerprint density at radius 2 is 1.82 bits per heavy atom. The van der Waals surface area contributed by atoms with Crippen LogP contribution in [0.3, 0.4) is 0 Å². The Morgan fingerprint density at radius 1 is 1.08 bits per heavy atom. The van der Waals surface area contributed by atoms with Crippen LogP contribution in [0.15, 0.2) is 58.2 Å². The highest BCUT2D eigenvalue weighted by Gasteiger charge is 2.24. The number of H-pyrrole nitrogens is 1. The first-order chi connectivity index (χ1) is 18.9. The topological polar surface area (TPSA) is 118 Å². The second-order valence-corrected chi connectivity index (χ2v) is 11.8. The number of rotatable bonds is 9. The summed E-state index contributed by atoms with van der Waals surface area (Å²) in [7, 11) is -3.81. The molecule has 0 radical (unpaired) electrons. The number of benzene rings is 2. The molecule has 0 bridgehead atoms. The third-order valence-corrected chi connectivity index (χ3v) is 8.74. The molecule has 2 aromatic heterocycles. The van der Waals surface area contributed by atoms with Crippen LogP contribution < -0.4 is 15.0 Å². The molecule has 2 aromatic carbocycles. The molecule has 1 fully saturated rings. The highest BCUT2D eigenvalue weighted by atomic mass is 32.2. The number of aromatic nitrogens is 4. The maximum Gasteiger partial charge on any atom is 0.277 e. The summed E-state index contributed by atoms with van der Waals surface area (Å²) >= 11 is 0. The van der Waals surface area contributed by atoms with Crippen molar-refractivity contribution in [2.24, 2.45) is 0 Å². The van der Waals surface area contributed by atoms with Gasteiger partial charge in [-0.2, -0.15) is 0 Å². The zero-order valence-corrected chi connectivity index (χ0v) is 23.3. The maximum atomic E-state index is 13.3. The van der Waals surface area contributed by atoms with Crippen LogP contribution in [0.2, 0.25) is 0 Å². The standard InChI is InChI=1S/C29H35N5O4S/c1-3-38-25-16-15-23(39(36,37)30-18-17-21-11-7-6-8-12-21)19-24(25)27-32-29(35)26-20(2)31-28(34(26)33-27)22-13-9-4-5-10-14-22/h6-8,11-12,15-16,19,22,30H,3-5,9-10,13-14,17-18H2,1-2H3,(H,32,33,35). The second-order valence-electron chi connectivity index (χ2n) is 10.0. The fourth-order valence-electron chi connectivity index (χ4n) is 5.32. The summed E-state index contributed by atoms with van der Waals surface area (Å²) in [6, 6.07) is 14.3. The van der Waals surface area contributed by atoms with E-state index in [1.807, 2.05) is 44.2 Å². The number of hydrogen-bond donors (Lipinski definition) is 2. The number of hydrogen-bond acceptors (Lipinski definition) is 6. The Kier molecular flexibility index (Phi) is 8.13. The van der Waals surface area contributed by atoms with Crippen molar-refractivity contribution in [1.82, 2.24) is 24.3 Å². The molecule has 1 aliphatic carbocycles. The summed E-state index contributed by atoms with van der Waals surface area (Å²) in [5.41, 5.74) is 2.19. The fraction of sp³-hybridized carbons (Fsp3) is 0.414. The van der Waals surface area contributed by atoms with E-state index in [4.69, 9.17) is 14.8 Å². The lowest BCUT2D eigenvalue weighted by Gasteiger charge is -2.14. The Labute approximate surface area is 228 Å². The number of aryl methyl sites for hydroxylation is 1. The predicted octanol–water partition coefficient (Wildman–Crippen LogP) is 4.75. The summed E-state index contributed by atoms with van der Waals surface area (Å²) in [4.78, 5) is 21.0. The molecule has 206 valence electrons. The summed E-state index contributed by atoms with van der Waals surface area (Å²) in [6.45, 7) is 4.31. The number of imidazole rings is 1. The number of nitrogens with one attached hydrogen (secondary N) is 2. The van der Waals surface area contributed by atoms with E-state index in [9.17, 15) is 13.2 Å². The predicted molar refractivity (Wildman–Crippen MR) is 151 cm³/mol. The molecule has 0 amide bonds. The lowest BCUT2D eigenvalue weighted by molar-refractivity contribution is 0.341. The van der Waals surface area contributed by atoms with Gasteiger partial charge in [-0.3, -0.25) is 4.79 Å². The van der Waals surface area contributed by atoms with E-state index in [2.05, 4.69) is 9.71 Å². The quantitative estimate of drug-likeness (QED) is 0.291. The minimum absolute atomic E-state index is 0.0718. The van der Waals surface area contributed by atoms with Gasteiger partial charge in [0.25, 0.3) is 5.56 Å². The number of sulfonamides is 1. The molecule has 1 saturated carbocycles. The van der Waals surface area contributed by atoms with Gasteiger partial charge in [0.15, 0.2) is 11.3 Å².